The summed E-state index contributed by atoms with van der Waals surface area (Å²) in [5, 5.41) is 0. The number of hydrogen-bond acceptors (Lipinski definition) is 1. The van der Waals surface area contributed by atoms with E-state index in [-0.39, 0.29) is 11.0 Å². The first kappa shape index (κ1) is 11.0. The molecule has 0 saturated heterocycles. The van der Waals surface area contributed by atoms with Crippen LogP contribution in [0, 0.1) is 5.41 Å². The minimum Gasteiger partial charge on any atom is -0.378 e. The second-order valence-corrected chi connectivity index (χ2v) is 4.03. The molecule has 0 aliphatic heterocycles. The third kappa shape index (κ3) is 1.96. The quantitative estimate of drug-likeness (QED) is 0.610. The molecule has 0 heterocycles. The predicted molar refractivity (Wildman–Crippen MR) is 49.8 cm³/mol. The van der Waals surface area contributed by atoms with Gasteiger partial charge in [0.1, 0.15) is 0 Å². The minimum atomic E-state index is 0.0295. The van der Waals surface area contributed by atoms with Crippen molar-refractivity contribution in [1.82, 2.24) is 0 Å². The van der Waals surface area contributed by atoms with Crippen LogP contribution in [-0.2, 0) is 4.74 Å². The second kappa shape index (κ2) is 3.57. The molecule has 1 nitrogen and oxygen atoms in total. The van der Waals surface area contributed by atoms with Crippen molar-refractivity contribution in [2.24, 2.45) is 5.41 Å². The highest BCUT2D eigenvalue weighted by Gasteiger charge is 2.37. The molecule has 0 spiro atoms. The lowest BCUT2D eigenvalue weighted by molar-refractivity contribution is -0.0894. The lowest BCUT2D eigenvalue weighted by atomic mass is 9.72. The summed E-state index contributed by atoms with van der Waals surface area (Å²) in [6, 6.07) is 0. The molecule has 0 N–H and O–H groups in total. The van der Waals surface area contributed by atoms with Crippen molar-refractivity contribution in [2.75, 3.05) is 7.11 Å². The lowest BCUT2D eigenvalue weighted by Gasteiger charge is -2.42. The summed E-state index contributed by atoms with van der Waals surface area (Å²) in [6.07, 6.45) is 2.23. The maximum atomic E-state index is 5.54. The fourth-order valence-corrected chi connectivity index (χ4v) is 1.27. The van der Waals surface area contributed by atoms with Crippen LogP contribution in [0.2, 0.25) is 0 Å². The zero-order valence-corrected chi connectivity index (χ0v) is 8.82. The summed E-state index contributed by atoms with van der Waals surface area (Å²) in [7, 11) is 1.81. The van der Waals surface area contributed by atoms with Gasteiger partial charge in [-0.3, -0.25) is 0 Å². The van der Waals surface area contributed by atoms with Gasteiger partial charge in [-0.1, -0.05) is 27.7 Å². The van der Waals surface area contributed by atoms with E-state index in [4.69, 9.17) is 4.74 Å². The van der Waals surface area contributed by atoms with E-state index < -0.39 is 0 Å². The molecule has 0 aliphatic rings. The first-order chi connectivity index (χ1) is 4.93. The van der Waals surface area contributed by atoms with E-state index in [0.29, 0.717) is 0 Å². The van der Waals surface area contributed by atoms with Gasteiger partial charge in [0.25, 0.3) is 0 Å². The zero-order valence-electron chi connectivity index (χ0n) is 8.82. The fourth-order valence-electron chi connectivity index (χ4n) is 1.27. The van der Waals surface area contributed by atoms with Gasteiger partial charge in [-0.05, 0) is 25.2 Å². The van der Waals surface area contributed by atoms with Crippen LogP contribution in [0.3, 0.4) is 0 Å². The van der Waals surface area contributed by atoms with Crippen LogP contribution in [0.5, 0.6) is 0 Å². The highest BCUT2D eigenvalue weighted by Crippen LogP contribution is 2.38. The molecule has 1 atom stereocenters. The van der Waals surface area contributed by atoms with Gasteiger partial charge in [0, 0.05) is 7.11 Å². The van der Waals surface area contributed by atoms with E-state index in [0.717, 1.165) is 12.8 Å². The molecule has 0 saturated carbocycles. The Morgan fingerprint density at radius 3 is 1.55 bits per heavy atom. The normalized spacial score (nSPS) is 18.0. The van der Waals surface area contributed by atoms with E-state index in [9.17, 15) is 0 Å². The predicted octanol–water partition coefficient (Wildman–Crippen LogP) is 3.24. The van der Waals surface area contributed by atoms with Gasteiger partial charge in [0.15, 0.2) is 0 Å². The lowest BCUT2D eigenvalue weighted by Crippen LogP contribution is -2.42. The number of ether oxygens (including phenoxy) is 1. The van der Waals surface area contributed by atoms with Crippen molar-refractivity contribution in [2.45, 2.75) is 53.1 Å². The average molecular weight is 158 g/mol. The summed E-state index contributed by atoms with van der Waals surface area (Å²) >= 11 is 0. The molecule has 0 fully saturated rings. The Morgan fingerprint density at radius 2 is 1.45 bits per heavy atom. The maximum absolute atomic E-state index is 5.54. The Hall–Kier alpha value is -0.0400. The van der Waals surface area contributed by atoms with E-state index in [1.807, 2.05) is 0 Å². The molecule has 0 rings (SSSR count). The van der Waals surface area contributed by atoms with Gasteiger partial charge in [0.05, 0.1) is 5.60 Å². The largest absolute Gasteiger partial charge is 0.378 e. The topological polar surface area (TPSA) is 9.23 Å². The number of methoxy groups -OCH3 is 1. The average Bonchev–Trinajstić information content (AvgIpc) is 2.02. The van der Waals surface area contributed by atoms with E-state index in [1.165, 1.54) is 0 Å². The molecule has 11 heavy (non-hydrogen) atoms. The molecular formula is C10H22O. The third-order valence-corrected chi connectivity index (χ3v) is 3.44. The second-order valence-electron chi connectivity index (χ2n) is 4.03. The van der Waals surface area contributed by atoms with E-state index >= 15 is 0 Å². The maximum Gasteiger partial charge on any atom is 0.0698 e. The van der Waals surface area contributed by atoms with Gasteiger partial charge < -0.3 is 4.74 Å². The van der Waals surface area contributed by atoms with Crippen molar-refractivity contribution < 1.29 is 4.74 Å². The van der Waals surface area contributed by atoms with Gasteiger partial charge in [-0.15, -0.1) is 0 Å². The Morgan fingerprint density at radius 1 is 1.00 bits per heavy atom. The standard InChI is InChI=1S/C10H22O/c1-7-9(3,4)10(5,8-2)11-6/h7-8H2,1-6H3. The van der Waals surface area contributed by atoms with Crippen molar-refractivity contribution in [3.8, 4) is 0 Å². The summed E-state index contributed by atoms with van der Waals surface area (Å²) in [6.45, 7) is 11.1. The van der Waals surface area contributed by atoms with Crippen LogP contribution in [0.15, 0.2) is 0 Å². The Kier molecular flexibility index (Phi) is 3.56. The SMILES string of the molecule is CCC(C)(C)C(C)(CC)OC. The molecule has 0 aromatic carbocycles. The molecule has 0 aromatic heterocycles. The molecule has 1 heteroatoms. The molecule has 0 aliphatic carbocycles. The van der Waals surface area contributed by atoms with Gasteiger partial charge in [0.2, 0.25) is 0 Å². The van der Waals surface area contributed by atoms with E-state index in [1.54, 1.807) is 7.11 Å². The van der Waals surface area contributed by atoms with Crippen LogP contribution < -0.4 is 0 Å². The van der Waals surface area contributed by atoms with Crippen molar-refractivity contribution in [3.05, 3.63) is 0 Å². The Labute approximate surface area is 71.1 Å². The summed E-state index contributed by atoms with van der Waals surface area (Å²) in [5.41, 5.74) is 0.304. The Balaban J connectivity index is 4.47. The van der Waals surface area contributed by atoms with Crippen LogP contribution in [0.25, 0.3) is 0 Å². The fraction of sp³-hybridized carbons (Fsp3) is 1.00. The Bertz CT molecular complexity index is 112. The van der Waals surface area contributed by atoms with E-state index in [2.05, 4.69) is 34.6 Å². The van der Waals surface area contributed by atoms with Gasteiger partial charge >= 0.3 is 0 Å². The third-order valence-electron chi connectivity index (χ3n) is 3.44. The zero-order chi connectivity index (χ0) is 9.12. The molecule has 0 amide bonds. The minimum absolute atomic E-state index is 0.0295. The number of rotatable bonds is 4. The smallest absolute Gasteiger partial charge is 0.0698 e. The molecule has 0 bridgehead atoms. The van der Waals surface area contributed by atoms with Crippen LogP contribution in [0.4, 0.5) is 0 Å². The molecular weight excluding hydrogens is 136 g/mol. The van der Waals surface area contributed by atoms with Crippen molar-refractivity contribution in [3.63, 3.8) is 0 Å². The molecule has 0 radical (unpaired) electrons. The summed E-state index contributed by atoms with van der Waals surface area (Å²) in [4.78, 5) is 0. The molecule has 1 unspecified atom stereocenters. The van der Waals surface area contributed by atoms with Crippen molar-refractivity contribution in [1.29, 1.82) is 0 Å². The highest BCUT2D eigenvalue weighted by atomic mass is 16.5. The van der Waals surface area contributed by atoms with Gasteiger partial charge in [-0.2, -0.15) is 0 Å². The number of hydrogen-bond donors (Lipinski definition) is 0. The van der Waals surface area contributed by atoms with Crippen LogP contribution in [0.1, 0.15) is 47.5 Å². The molecule has 0 aromatic rings. The van der Waals surface area contributed by atoms with Crippen LogP contribution in [-0.4, -0.2) is 12.7 Å². The summed E-state index contributed by atoms with van der Waals surface area (Å²) < 4.78 is 5.54. The van der Waals surface area contributed by atoms with Crippen LogP contribution >= 0.6 is 0 Å². The first-order valence-corrected chi connectivity index (χ1v) is 4.48. The monoisotopic (exact) mass is 158 g/mol. The first-order valence-electron chi connectivity index (χ1n) is 4.48. The van der Waals surface area contributed by atoms with Gasteiger partial charge in [-0.25, -0.2) is 0 Å². The van der Waals surface area contributed by atoms with Crippen molar-refractivity contribution >= 4 is 0 Å². The highest BCUT2D eigenvalue weighted by molar-refractivity contribution is 4.88. The molecule has 68 valence electrons. The summed E-state index contributed by atoms with van der Waals surface area (Å²) in [5.74, 6) is 0.